The number of nitrogen functional groups attached to an aromatic ring is 1. The molecule has 0 saturated carbocycles. The van der Waals surface area contributed by atoms with Crippen LogP contribution in [0, 0.1) is 0 Å². The fourth-order valence-corrected chi connectivity index (χ4v) is 3.58. The number of rotatable bonds is 3. The maximum atomic E-state index is 12.3. The predicted molar refractivity (Wildman–Crippen MR) is 105 cm³/mol. The summed E-state index contributed by atoms with van der Waals surface area (Å²) in [5.41, 5.74) is 9.26. The minimum Gasteiger partial charge on any atom is -0.383 e. The zero-order valence-corrected chi connectivity index (χ0v) is 15.6. The molecule has 27 heavy (non-hydrogen) atoms. The molecule has 3 N–H and O–H groups in total. The molecule has 0 spiro atoms. The number of carbonyl (C=O) groups is 1. The van der Waals surface area contributed by atoms with Gasteiger partial charge >= 0.3 is 0 Å². The molecule has 1 amide bonds. The van der Waals surface area contributed by atoms with E-state index in [1.165, 1.54) is 0 Å². The van der Waals surface area contributed by atoms with Crippen molar-refractivity contribution in [2.24, 2.45) is 0 Å². The maximum Gasteiger partial charge on any atom is 0.229 e. The van der Waals surface area contributed by atoms with Crippen LogP contribution in [-0.2, 0) is 9.53 Å². The summed E-state index contributed by atoms with van der Waals surface area (Å²) < 4.78 is 5.38. The Morgan fingerprint density at radius 3 is 2.56 bits per heavy atom. The van der Waals surface area contributed by atoms with Crippen molar-refractivity contribution in [2.75, 3.05) is 61.2 Å². The molecule has 2 aliphatic rings. The summed E-state index contributed by atoms with van der Waals surface area (Å²) in [4.78, 5) is 25.5. The van der Waals surface area contributed by atoms with Crippen LogP contribution in [0.5, 0.6) is 0 Å². The van der Waals surface area contributed by atoms with Crippen LogP contribution < -0.4 is 20.9 Å². The number of hydrogen-bond acceptors (Lipinski definition) is 7. The molecule has 0 aliphatic carbocycles. The number of morpholine rings is 1. The highest BCUT2D eigenvalue weighted by Gasteiger charge is 2.31. The van der Waals surface area contributed by atoms with Crippen LogP contribution >= 0.6 is 0 Å². The molecule has 0 bridgehead atoms. The summed E-state index contributed by atoms with van der Waals surface area (Å²) in [6.45, 7) is 2.68. The van der Waals surface area contributed by atoms with Crippen molar-refractivity contribution >= 4 is 29.2 Å². The number of nitrogens with one attached hydrogen (secondary N) is 1. The average Bonchev–Trinajstić information content (AvgIpc) is 2.67. The number of anilines is 4. The Labute approximate surface area is 158 Å². The molecule has 2 aromatic rings. The zero-order valence-electron chi connectivity index (χ0n) is 15.6. The fourth-order valence-electron chi connectivity index (χ4n) is 3.58. The molecule has 8 heteroatoms. The Morgan fingerprint density at radius 2 is 1.89 bits per heavy atom. The Hall–Kier alpha value is -2.87. The van der Waals surface area contributed by atoms with E-state index in [1.54, 1.807) is 0 Å². The lowest BCUT2D eigenvalue weighted by atomic mass is 9.86. The Morgan fingerprint density at radius 1 is 1.19 bits per heavy atom. The Balaban J connectivity index is 1.71. The number of nitrogens with zero attached hydrogens (tertiary/aromatic N) is 4. The van der Waals surface area contributed by atoms with Crippen LogP contribution in [0.25, 0.3) is 0 Å². The first kappa shape index (κ1) is 17.5. The van der Waals surface area contributed by atoms with Gasteiger partial charge in [-0.05, 0) is 17.7 Å². The van der Waals surface area contributed by atoms with Crippen molar-refractivity contribution in [3.63, 3.8) is 0 Å². The van der Waals surface area contributed by atoms with E-state index in [0.717, 1.165) is 16.8 Å². The first-order valence-corrected chi connectivity index (χ1v) is 9.10. The van der Waals surface area contributed by atoms with E-state index >= 15 is 0 Å². The molecule has 8 nitrogen and oxygen atoms in total. The molecule has 0 unspecified atom stereocenters. The number of carbonyl (C=O) groups excluding carboxylic acids is 1. The summed E-state index contributed by atoms with van der Waals surface area (Å²) in [6, 6.07) is 8.16. The first-order valence-electron chi connectivity index (χ1n) is 9.10. The summed E-state index contributed by atoms with van der Waals surface area (Å²) >= 11 is 0. The second-order valence-electron chi connectivity index (χ2n) is 7.06. The monoisotopic (exact) mass is 368 g/mol. The SMILES string of the molecule is CN(C)c1ccc([C@@H]2CC(=O)Nc3nc(N4CCOCC4)nc(N)c32)cc1. The van der Waals surface area contributed by atoms with Crippen LogP contribution in [0.1, 0.15) is 23.5 Å². The fraction of sp³-hybridized carbons (Fsp3) is 0.421. The standard InChI is InChI=1S/C19H24N6O2/c1-24(2)13-5-3-12(4-6-13)14-11-15(26)21-18-16(14)17(20)22-19(23-18)25-7-9-27-10-8-25/h3-6,14H,7-11H2,1-2H3,(H3,20,21,22,23,26)/t14-/m0/s1. The van der Waals surface area contributed by atoms with E-state index in [0.29, 0.717) is 50.3 Å². The molecule has 3 heterocycles. The van der Waals surface area contributed by atoms with Crippen LogP contribution in [0.15, 0.2) is 24.3 Å². The Kier molecular flexibility index (Phi) is 4.57. The molecule has 1 saturated heterocycles. The van der Waals surface area contributed by atoms with Crippen molar-refractivity contribution in [3.8, 4) is 0 Å². The van der Waals surface area contributed by atoms with Crippen molar-refractivity contribution in [2.45, 2.75) is 12.3 Å². The van der Waals surface area contributed by atoms with E-state index in [-0.39, 0.29) is 11.8 Å². The van der Waals surface area contributed by atoms with Gasteiger partial charge in [-0.3, -0.25) is 4.79 Å². The normalized spacial score (nSPS) is 19.4. The lowest BCUT2D eigenvalue weighted by molar-refractivity contribution is -0.116. The smallest absolute Gasteiger partial charge is 0.229 e. The number of ether oxygens (including phenoxy) is 1. The lowest BCUT2D eigenvalue weighted by Crippen LogP contribution is -2.38. The quantitative estimate of drug-likeness (QED) is 0.846. The second kappa shape index (κ2) is 7.03. The molecule has 1 fully saturated rings. The van der Waals surface area contributed by atoms with Gasteiger partial charge in [0.1, 0.15) is 11.6 Å². The molecule has 0 radical (unpaired) electrons. The maximum absolute atomic E-state index is 12.3. The molecule has 1 aromatic heterocycles. The third kappa shape index (κ3) is 3.40. The van der Waals surface area contributed by atoms with Gasteiger partial charge in [0.2, 0.25) is 11.9 Å². The highest BCUT2D eigenvalue weighted by molar-refractivity contribution is 5.95. The number of amides is 1. The van der Waals surface area contributed by atoms with Gasteiger partial charge in [-0.2, -0.15) is 9.97 Å². The highest BCUT2D eigenvalue weighted by atomic mass is 16.5. The molecular weight excluding hydrogens is 344 g/mol. The minimum absolute atomic E-state index is 0.0600. The number of nitrogens with two attached hydrogens (primary N) is 1. The summed E-state index contributed by atoms with van der Waals surface area (Å²) in [5.74, 6) is 1.27. The van der Waals surface area contributed by atoms with E-state index in [2.05, 4.69) is 15.3 Å². The van der Waals surface area contributed by atoms with Gasteiger partial charge in [0.15, 0.2) is 0 Å². The minimum atomic E-state index is -0.149. The van der Waals surface area contributed by atoms with Gasteiger partial charge in [0.05, 0.1) is 13.2 Å². The molecule has 1 atom stereocenters. The van der Waals surface area contributed by atoms with E-state index < -0.39 is 0 Å². The highest BCUT2D eigenvalue weighted by Crippen LogP contribution is 2.40. The third-order valence-electron chi connectivity index (χ3n) is 5.06. The van der Waals surface area contributed by atoms with E-state index in [1.807, 2.05) is 48.2 Å². The first-order chi connectivity index (χ1) is 13.0. The van der Waals surface area contributed by atoms with E-state index in [9.17, 15) is 4.79 Å². The molecule has 142 valence electrons. The summed E-state index contributed by atoms with van der Waals surface area (Å²) in [7, 11) is 3.99. The zero-order chi connectivity index (χ0) is 19.0. The van der Waals surface area contributed by atoms with Gasteiger partial charge < -0.3 is 25.6 Å². The van der Waals surface area contributed by atoms with Gasteiger partial charge in [-0.15, -0.1) is 0 Å². The van der Waals surface area contributed by atoms with Crippen LogP contribution in [0.2, 0.25) is 0 Å². The van der Waals surface area contributed by atoms with E-state index in [4.69, 9.17) is 10.5 Å². The molecular formula is C19H24N6O2. The van der Waals surface area contributed by atoms with Crippen molar-refractivity contribution in [1.82, 2.24) is 9.97 Å². The topological polar surface area (TPSA) is 96.6 Å². The van der Waals surface area contributed by atoms with Gasteiger partial charge in [0.25, 0.3) is 0 Å². The van der Waals surface area contributed by atoms with Crippen molar-refractivity contribution in [1.29, 1.82) is 0 Å². The second-order valence-corrected chi connectivity index (χ2v) is 7.06. The molecule has 4 rings (SSSR count). The van der Waals surface area contributed by atoms with Gasteiger partial charge in [-0.1, -0.05) is 12.1 Å². The summed E-state index contributed by atoms with van der Waals surface area (Å²) in [5, 5.41) is 2.87. The lowest BCUT2D eigenvalue weighted by Gasteiger charge is -2.30. The molecule has 1 aromatic carbocycles. The number of hydrogen-bond donors (Lipinski definition) is 2. The Bertz CT molecular complexity index is 846. The van der Waals surface area contributed by atoms with Gasteiger partial charge in [-0.25, -0.2) is 0 Å². The van der Waals surface area contributed by atoms with Crippen molar-refractivity contribution in [3.05, 3.63) is 35.4 Å². The van der Waals surface area contributed by atoms with Crippen LogP contribution in [0.4, 0.5) is 23.3 Å². The van der Waals surface area contributed by atoms with Crippen LogP contribution in [0.3, 0.4) is 0 Å². The average molecular weight is 368 g/mol. The largest absolute Gasteiger partial charge is 0.383 e. The number of fused-ring (bicyclic) bond motifs is 1. The van der Waals surface area contributed by atoms with Crippen molar-refractivity contribution < 1.29 is 9.53 Å². The predicted octanol–water partition coefficient (Wildman–Crippen LogP) is 1.44. The molecule has 2 aliphatic heterocycles. The van der Waals surface area contributed by atoms with Crippen LogP contribution in [-0.4, -0.2) is 56.3 Å². The number of benzene rings is 1. The summed E-state index contributed by atoms with van der Waals surface area (Å²) in [6.07, 6.45) is 0.332. The third-order valence-corrected chi connectivity index (χ3v) is 5.06. The number of aromatic nitrogens is 2. The van der Waals surface area contributed by atoms with Gasteiger partial charge in [0, 0.05) is 50.8 Å².